The first kappa shape index (κ1) is 29.3. The smallest absolute Gasteiger partial charge is 0.270 e. The van der Waals surface area contributed by atoms with Crippen LogP contribution in [0.4, 0.5) is 11.4 Å². The molecule has 0 unspecified atom stereocenters. The second kappa shape index (κ2) is 14.1. The van der Waals surface area contributed by atoms with Crippen molar-refractivity contribution in [2.24, 2.45) is 0 Å². The maximum Gasteiger partial charge on any atom is 0.270 e. The molecule has 0 bridgehead atoms. The monoisotopic (exact) mass is 568 g/mol. The number of carbonyl (C=O) groups is 2. The number of likely N-dealkylation sites (tertiary alicyclic amines) is 1. The molecular weight excluding hydrogens is 536 g/mol. The molecule has 0 spiro atoms. The van der Waals surface area contributed by atoms with Gasteiger partial charge in [-0.15, -0.1) is 17.8 Å². The Morgan fingerprint density at radius 2 is 1.85 bits per heavy atom. The molecule has 1 fully saturated rings. The summed E-state index contributed by atoms with van der Waals surface area (Å²) in [4.78, 5) is 40.3. The Balaban J connectivity index is 1.41. The van der Waals surface area contributed by atoms with Crippen molar-refractivity contribution in [3.8, 4) is 18.4 Å². The van der Waals surface area contributed by atoms with E-state index in [1.54, 1.807) is 25.1 Å². The number of hydrogen-bond acceptors (Lipinski definition) is 7. The van der Waals surface area contributed by atoms with Crippen molar-refractivity contribution in [3.63, 3.8) is 0 Å². The Kier molecular flexibility index (Phi) is 10.1. The van der Waals surface area contributed by atoms with Gasteiger partial charge in [0, 0.05) is 24.1 Å². The van der Waals surface area contributed by atoms with Crippen LogP contribution in [0.2, 0.25) is 0 Å². The van der Waals surface area contributed by atoms with Gasteiger partial charge in [0.1, 0.15) is 15.3 Å². The molecule has 1 aliphatic rings. The van der Waals surface area contributed by atoms with Crippen LogP contribution in [0, 0.1) is 23.7 Å². The molecule has 3 aromatic rings. The van der Waals surface area contributed by atoms with E-state index in [4.69, 9.17) is 6.42 Å². The molecule has 0 atom stereocenters. The Hall–Kier alpha value is -4.64. The lowest BCUT2D eigenvalue weighted by molar-refractivity contribution is -0.117. The highest BCUT2D eigenvalue weighted by Crippen LogP contribution is 2.27. The zero-order valence-corrected chi connectivity index (χ0v) is 23.7. The van der Waals surface area contributed by atoms with Crippen LogP contribution in [0.1, 0.15) is 31.2 Å². The van der Waals surface area contributed by atoms with Crippen LogP contribution >= 0.6 is 11.3 Å². The number of piperidine rings is 1. The van der Waals surface area contributed by atoms with Gasteiger partial charge in [0.15, 0.2) is 5.57 Å². The SMILES string of the molecule is C#CCNC(=O)C(C#N)=c1sc(=CNc2cccc(NC(=O)CN3CCC(c4ccccc4)CC3)c2)c(=O)n1CC. The van der Waals surface area contributed by atoms with Crippen molar-refractivity contribution in [2.45, 2.75) is 32.2 Å². The van der Waals surface area contributed by atoms with Gasteiger partial charge in [-0.2, -0.15) is 5.26 Å². The van der Waals surface area contributed by atoms with Gasteiger partial charge in [0.05, 0.1) is 13.1 Å². The summed E-state index contributed by atoms with van der Waals surface area (Å²) in [5.74, 6) is 2.11. The Morgan fingerprint density at radius 1 is 1.12 bits per heavy atom. The van der Waals surface area contributed by atoms with Crippen LogP contribution in [0.5, 0.6) is 0 Å². The van der Waals surface area contributed by atoms with Crippen molar-refractivity contribution in [3.05, 3.63) is 79.7 Å². The third kappa shape index (κ3) is 7.52. The topological polar surface area (TPSA) is 119 Å². The number of hydrogen-bond donors (Lipinski definition) is 3. The van der Waals surface area contributed by atoms with E-state index >= 15 is 0 Å². The minimum atomic E-state index is -0.627. The van der Waals surface area contributed by atoms with E-state index in [0.717, 1.165) is 37.3 Å². The van der Waals surface area contributed by atoms with E-state index in [1.807, 2.05) is 18.2 Å². The fourth-order valence-electron chi connectivity index (χ4n) is 4.80. The van der Waals surface area contributed by atoms with E-state index < -0.39 is 5.91 Å². The van der Waals surface area contributed by atoms with Crippen LogP contribution in [-0.2, 0) is 16.1 Å². The summed E-state index contributed by atoms with van der Waals surface area (Å²) >= 11 is 1.04. The van der Waals surface area contributed by atoms with Crippen LogP contribution in [0.25, 0.3) is 11.8 Å². The molecule has 3 N–H and O–H groups in total. The average molecular weight is 569 g/mol. The van der Waals surface area contributed by atoms with Gasteiger partial charge in [-0.1, -0.05) is 42.3 Å². The Labute approximate surface area is 242 Å². The molecule has 210 valence electrons. The molecule has 0 saturated carbocycles. The van der Waals surface area contributed by atoms with Gasteiger partial charge in [-0.05, 0) is 62.5 Å². The molecule has 1 aliphatic heterocycles. The molecule has 10 heteroatoms. The predicted molar refractivity (Wildman–Crippen MR) is 162 cm³/mol. The quantitative estimate of drug-likeness (QED) is 0.340. The zero-order valence-electron chi connectivity index (χ0n) is 22.9. The van der Waals surface area contributed by atoms with E-state index in [0.29, 0.717) is 28.4 Å². The fraction of sp³-hybridized carbons (Fsp3) is 0.290. The number of terminal acetylenes is 1. The summed E-state index contributed by atoms with van der Waals surface area (Å²) in [7, 11) is 0. The maximum absolute atomic E-state index is 13.0. The number of anilines is 2. The van der Waals surface area contributed by atoms with Crippen LogP contribution in [0.3, 0.4) is 0 Å². The minimum absolute atomic E-state index is 0.0219. The van der Waals surface area contributed by atoms with Gasteiger partial charge in [-0.25, -0.2) is 0 Å². The number of benzene rings is 2. The standard InChI is InChI=1S/C31H32N6O3S/c1-3-15-33-29(39)26(19-32)31-37(4-2)30(40)27(41-31)20-34-24-11-8-12-25(18-24)35-28(38)21-36-16-13-23(14-17-36)22-9-6-5-7-10-22/h1,5-12,18,20,23,34H,4,13-17,21H2,2H3,(H,33,39)(H,35,38). The molecule has 41 heavy (non-hydrogen) atoms. The molecule has 4 rings (SSSR count). The second-order valence-corrected chi connectivity index (χ2v) is 10.6. The summed E-state index contributed by atoms with van der Waals surface area (Å²) in [6.45, 7) is 4.10. The molecule has 2 amide bonds. The minimum Gasteiger partial charge on any atom is -0.360 e. The van der Waals surface area contributed by atoms with Gasteiger partial charge in [0.2, 0.25) is 5.91 Å². The molecule has 1 aromatic heterocycles. The van der Waals surface area contributed by atoms with Crippen molar-refractivity contribution >= 4 is 46.3 Å². The van der Waals surface area contributed by atoms with Crippen LogP contribution < -0.4 is 30.7 Å². The number of nitriles is 1. The molecule has 0 aliphatic carbocycles. The molecular formula is C31H32N6O3S. The van der Waals surface area contributed by atoms with Crippen molar-refractivity contribution in [2.75, 3.05) is 36.8 Å². The lowest BCUT2D eigenvalue weighted by Gasteiger charge is -2.31. The Bertz CT molecular complexity index is 1650. The van der Waals surface area contributed by atoms with Gasteiger partial charge in [0.25, 0.3) is 11.5 Å². The highest BCUT2D eigenvalue weighted by atomic mass is 32.1. The first-order chi connectivity index (χ1) is 19.9. The molecule has 9 nitrogen and oxygen atoms in total. The summed E-state index contributed by atoms with van der Waals surface area (Å²) < 4.78 is 1.97. The molecule has 1 saturated heterocycles. The van der Waals surface area contributed by atoms with Crippen LogP contribution in [-0.4, -0.2) is 47.5 Å². The van der Waals surface area contributed by atoms with E-state index in [-0.39, 0.29) is 34.8 Å². The third-order valence-electron chi connectivity index (χ3n) is 6.87. The number of rotatable bonds is 9. The number of aromatic nitrogens is 1. The lowest BCUT2D eigenvalue weighted by atomic mass is 9.89. The molecule has 2 heterocycles. The zero-order chi connectivity index (χ0) is 29.2. The van der Waals surface area contributed by atoms with E-state index in [2.05, 4.69) is 51.0 Å². The van der Waals surface area contributed by atoms with Crippen molar-refractivity contribution in [1.29, 1.82) is 5.26 Å². The van der Waals surface area contributed by atoms with Crippen molar-refractivity contribution in [1.82, 2.24) is 14.8 Å². The Morgan fingerprint density at radius 3 is 2.54 bits per heavy atom. The summed E-state index contributed by atoms with van der Waals surface area (Å²) in [5.41, 5.74) is 2.17. The fourth-order valence-corrected chi connectivity index (χ4v) is 5.88. The highest BCUT2D eigenvalue weighted by Gasteiger charge is 2.22. The van der Waals surface area contributed by atoms with Crippen molar-refractivity contribution < 1.29 is 9.59 Å². The number of carbonyl (C=O) groups excluding carboxylic acids is 2. The third-order valence-corrected chi connectivity index (χ3v) is 8.00. The highest BCUT2D eigenvalue weighted by molar-refractivity contribution is 7.07. The summed E-state index contributed by atoms with van der Waals surface area (Å²) in [6, 6.07) is 19.6. The first-order valence-electron chi connectivity index (χ1n) is 13.4. The lowest BCUT2D eigenvalue weighted by Crippen LogP contribution is -2.38. The van der Waals surface area contributed by atoms with Gasteiger partial charge >= 0.3 is 0 Å². The largest absolute Gasteiger partial charge is 0.360 e. The normalized spacial score (nSPS) is 15.0. The number of nitrogens with one attached hydrogen (secondary N) is 3. The number of thiazole rings is 1. The summed E-state index contributed by atoms with van der Waals surface area (Å²) in [5, 5.41) is 18.1. The van der Waals surface area contributed by atoms with E-state index in [1.165, 1.54) is 16.3 Å². The van der Waals surface area contributed by atoms with E-state index in [9.17, 15) is 19.6 Å². The average Bonchev–Trinajstić information content (AvgIpc) is 3.30. The molecule has 0 radical (unpaired) electrons. The maximum atomic E-state index is 13.0. The number of amides is 2. The molecule has 2 aromatic carbocycles. The predicted octanol–water partition coefficient (Wildman–Crippen LogP) is 2.02. The summed E-state index contributed by atoms with van der Waals surface area (Å²) in [6.07, 6.45) is 8.78. The van der Waals surface area contributed by atoms with Gasteiger partial charge < -0.3 is 16.0 Å². The van der Waals surface area contributed by atoms with Gasteiger partial charge in [-0.3, -0.25) is 23.9 Å². The number of nitrogens with zero attached hydrogens (tertiary/aromatic N) is 3. The first-order valence-corrected chi connectivity index (χ1v) is 14.2. The second-order valence-electron chi connectivity index (χ2n) is 9.57. The van der Waals surface area contributed by atoms with Crippen LogP contribution in [0.15, 0.2) is 59.4 Å².